The number of rotatable bonds is 20. The molecule has 0 rings (SSSR count). The molecular weight excluding hydrogens is 396 g/mol. The molecule has 188 valence electrons. The molecule has 32 heavy (non-hydrogen) atoms. The zero-order valence-corrected chi connectivity index (χ0v) is 21.9. The standard InChI is InChI=1S/2C14H27NO/c2*1-3-5-7-8-9-10-11-12-14(16)15-13-6-4-2/h2*11-12H,3-10,13H2,1-2H3,(H,15,16)/b2*12-11+. The minimum atomic E-state index is 0.0574. The fraction of sp³-hybridized carbons (Fsp3) is 0.786. The van der Waals surface area contributed by atoms with E-state index < -0.39 is 0 Å². The van der Waals surface area contributed by atoms with E-state index in [1.807, 2.05) is 12.2 Å². The summed E-state index contributed by atoms with van der Waals surface area (Å²) in [5.74, 6) is 0.115. The second kappa shape index (κ2) is 29.4. The highest BCUT2D eigenvalue weighted by atomic mass is 16.2. The van der Waals surface area contributed by atoms with Gasteiger partial charge in [0, 0.05) is 13.1 Å². The maximum Gasteiger partial charge on any atom is 0.243 e. The lowest BCUT2D eigenvalue weighted by Gasteiger charge is -1.99. The van der Waals surface area contributed by atoms with E-state index in [2.05, 4.69) is 38.3 Å². The summed E-state index contributed by atoms with van der Waals surface area (Å²) in [6, 6.07) is 0. The molecule has 0 heterocycles. The average molecular weight is 451 g/mol. The van der Waals surface area contributed by atoms with E-state index in [9.17, 15) is 9.59 Å². The number of carbonyl (C=O) groups excluding carboxylic acids is 2. The number of nitrogens with one attached hydrogen (secondary N) is 2. The molecule has 0 fully saturated rings. The number of hydrogen-bond acceptors (Lipinski definition) is 2. The highest BCUT2D eigenvalue weighted by molar-refractivity contribution is 5.87. The fourth-order valence-corrected chi connectivity index (χ4v) is 3.01. The van der Waals surface area contributed by atoms with Crippen LogP contribution in [0, 0.1) is 0 Å². The molecule has 0 aliphatic carbocycles. The Labute approximate surface area is 200 Å². The molecule has 4 nitrogen and oxygen atoms in total. The molecule has 0 aliphatic rings. The van der Waals surface area contributed by atoms with Gasteiger partial charge in [0.05, 0.1) is 0 Å². The molecule has 0 aromatic heterocycles. The van der Waals surface area contributed by atoms with Gasteiger partial charge in [0.1, 0.15) is 0 Å². The minimum Gasteiger partial charge on any atom is -0.353 e. The molecule has 0 aromatic carbocycles. The van der Waals surface area contributed by atoms with E-state index >= 15 is 0 Å². The van der Waals surface area contributed by atoms with Crippen LogP contribution in [0.5, 0.6) is 0 Å². The second-order valence-electron chi connectivity index (χ2n) is 8.50. The number of hydrogen-bond donors (Lipinski definition) is 2. The molecule has 0 aromatic rings. The van der Waals surface area contributed by atoms with Crippen molar-refractivity contribution in [1.82, 2.24) is 10.6 Å². The average Bonchev–Trinajstić information content (AvgIpc) is 2.79. The van der Waals surface area contributed by atoms with E-state index in [1.54, 1.807) is 12.2 Å². The first-order valence-corrected chi connectivity index (χ1v) is 13.5. The molecule has 0 radical (unpaired) electrons. The Morgan fingerprint density at radius 2 is 0.844 bits per heavy atom. The van der Waals surface area contributed by atoms with Gasteiger partial charge in [-0.25, -0.2) is 0 Å². The number of amides is 2. The first-order valence-electron chi connectivity index (χ1n) is 13.5. The summed E-state index contributed by atoms with van der Waals surface area (Å²) in [7, 11) is 0. The Kier molecular flexibility index (Phi) is 30.0. The smallest absolute Gasteiger partial charge is 0.243 e. The van der Waals surface area contributed by atoms with Gasteiger partial charge in [-0.05, 0) is 50.7 Å². The van der Waals surface area contributed by atoms with Crippen LogP contribution in [0.3, 0.4) is 0 Å². The molecule has 0 spiro atoms. The predicted octanol–water partition coefficient (Wildman–Crippen LogP) is 7.64. The van der Waals surface area contributed by atoms with Gasteiger partial charge < -0.3 is 10.6 Å². The number of allylic oxidation sites excluding steroid dienone is 2. The van der Waals surface area contributed by atoms with Crippen molar-refractivity contribution in [1.29, 1.82) is 0 Å². The lowest BCUT2D eigenvalue weighted by Crippen LogP contribution is -2.21. The van der Waals surface area contributed by atoms with Gasteiger partial charge >= 0.3 is 0 Å². The molecular formula is C28H54N2O2. The van der Waals surface area contributed by atoms with Crippen LogP contribution in [0.15, 0.2) is 24.3 Å². The summed E-state index contributed by atoms with van der Waals surface area (Å²) in [4.78, 5) is 22.5. The van der Waals surface area contributed by atoms with Crippen LogP contribution in [-0.2, 0) is 9.59 Å². The summed E-state index contributed by atoms with van der Waals surface area (Å²) in [5, 5.41) is 5.74. The van der Waals surface area contributed by atoms with Crippen molar-refractivity contribution in [2.45, 2.75) is 130 Å². The van der Waals surface area contributed by atoms with Crippen molar-refractivity contribution in [3.05, 3.63) is 24.3 Å². The van der Waals surface area contributed by atoms with Crippen LogP contribution < -0.4 is 10.6 Å². The van der Waals surface area contributed by atoms with Gasteiger partial charge in [-0.1, -0.05) is 104 Å². The minimum absolute atomic E-state index is 0.0574. The molecule has 2 amide bonds. The molecule has 0 aliphatic heterocycles. The summed E-state index contributed by atoms with van der Waals surface area (Å²) in [6.07, 6.45) is 26.7. The van der Waals surface area contributed by atoms with Crippen molar-refractivity contribution < 1.29 is 9.59 Å². The zero-order valence-electron chi connectivity index (χ0n) is 21.9. The molecule has 0 bridgehead atoms. The van der Waals surface area contributed by atoms with Crippen LogP contribution in [0.1, 0.15) is 130 Å². The zero-order chi connectivity index (χ0) is 24.1. The molecule has 0 saturated heterocycles. The first kappa shape index (κ1) is 32.6. The largest absolute Gasteiger partial charge is 0.353 e. The van der Waals surface area contributed by atoms with E-state index in [-0.39, 0.29) is 11.8 Å². The van der Waals surface area contributed by atoms with Gasteiger partial charge in [0.15, 0.2) is 0 Å². The third kappa shape index (κ3) is 30.6. The summed E-state index contributed by atoms with van der Waals surface area (Å²) < 4.78 is 0. The Balaban J connectivity index is 0. The van der Waals surface area contributed by atoms with Crippen LogP contribution in [0.4, 0.5) is 0 Å². The fourth-order valence-electron chi connectivity index (χ4n) is 3.01. The highest BCUT2D eigenvalue weighted by Gasteiger charge is 1.94. The molecule has 0 unspecified atom stereocenters. The Morgan fingerprint density at radius 1 is 0.500 bits per heavy atom. The molecule has 2 N–H and O–H groups in total. The lowest BCUT2D eigenvalue weighted by atomic mass is 10.1. The maximum atomic E-state index is 11.3. The highest BCUT2D eigenvalue weighted by Crippen LogP contribution is 2.06. The van der Waals surface area contributed by atoms with Crippen molar-refractivity contribution in [2.24, 2.45) is 0 Å². The van der Waals surface area contributed by atoms with Gasteiger partial charge in [0.25, 0.3) is 0 Å². The maximum absolute atomic E-state index is 11.3. The van der Waals surface area contributed by atoms with E-state index in [4.69, 9.17) is 0 Å². The van der Waals surface area contributed by atoms with Crippen molar-refractivity contribution in [3.63, 3.8) is 0 Å². The van der Waals surface area contributed by atoms with Gasteiger partial charge in [0.2, 0.25) is 11.8 Å². The SMILES string of the molecule is CCCCCCC/C=C/C(=O)NCCCC.CCCCCCC/C=C/C(=O)NCCCC. The van der Waals surface area contributed by atoms with Crippen molar-refractivity contribution in [3.8, 4) is 0 Å². The van der Waals surface area contributed by atoms with E-state index in [0.29, 0.717) is 0 Å². The molecule has 0 atom stereocenters. The van der Waals surface area contributed by atoms with Crippen LogP contribution in [-0.4, -0.2) is 24.9 Å². The van der Waals surface area contributed by atoms with Crippen LogP contribution >= 0.6 is 0 Å². The monoisotopic (exact) mass is 450 g/mol. The lowest BCUT2D eigenvalue weighted by molar-refractivity contribution is -0.117. The van der Waals surface area contributed by atoms with Gasteiger partial charge in [-0.2, -0.15) is 0 Å². The second-order valence-corrected chi connectivity index (χ2v) is 8.50. The first-order chi connectivity index (χ1) is 15.6. The summed E-state index contributed by atoms with van der Waals surface area (Å²) in [6.45, 7) is 10.3. The normalized spacial score (nSPS) is 10.9. The van der Waals surface area contributed by atoms with Crippen LogP contribution in [0.2, 0.25) is 0 Å². The third-order valence-corrected chi connectivity index (χ3v) is 5.15. The van der Waals surface area contributed by atoms with Crippen molar-refractivity contribution in [2.75, 3.05) is 13.1 Å². The Bertz CT molecular complexity index is 416. The van der Waals surface area contributed by atoms with E-state index in [0.717, 1.165) is 51.6 Å². The number of unbranched alkanes of at least 4 members (excludes halogenated alkanes) is 12. The predicted molar refractivity (Wildman–Crippen MR) is 141 cm³/mol. The van der Waals surface area contributed by atoms with Gasteiger partial charge in [-0.3, -0.25) is 9.59 Å². The van der Waals surface area contributed by atoms with Crippen LogP contribution in [0.25, 0.3) is 0 Å². The topological polar surface area (TPSA) is 58.2 Å². The molecule has 0 saturated carbocycles. The summed E-state index contributed by atoms with van der Waals surface area (Å²) >= 11 is 0. The summed E-state index contributed by atoms with van der Waals surface area (Å²) in [5.41, 5.74) is 0. The van der Waals surface area contributed by atoms with Gasteiger partial charge in [-0.15, -0.1) is 0 Å². The third-order valence-electron chi connectivity index (χ3n) is 5.15. The molecule has 4 heteroatoms. The van der Waals surface area contributed by atoms with Crippen molar-refractivity contribution >= 4 is 11.8 Å². The van der Waals surface area contributed by atoms with E-state index in [1.165, 1.54) is 64.2 Å². The quantitative estimate of drug-likeness (QED) is 0.148. The number of carbonyl (C=O) groups is 2. The Hall–Kier alpha value is -1.58. The Morgan fingerprint density at radius 3 is 1.19 bits per heavy atom.